The van der Waals surface area contributed by atoms with Gasteiger partial charge in [0.25, 0.3) is 0 Å². The lowest BCUT2D eigenvalue weighted by atomic mass is 10.1. The van der Waals surface area contributed by atoms with E-state index in [0.717, 1.165) is 46.5 Å². The summed E-state index contributed by atoms with van der Waals surface area (Å²) in [6.07, 6.45) is 0. The van der Waals surface area contributed by atoms with E-state index in [1.165, 1.54) is 0 Å². The first-order valence-electron chi connectivity index (χ1n) is 13.8. The minimum atomic E-state index is -0.409. The SMILES string of the molecule is CN(C)CCn1c(Cn2c(=O)n(Cc3ccc(C(=O)OCCNCCO)cc3)c3ccccc32)nc2ccccc21. The number of carbonyl (C=O) groups excluding carboxylic acids is 1. The Morgan fingerprint density at radius 2 is 1.54 bits per heavy atom. The summed E-state index contributed by atoms with van der Waals surface area (Å²) >= 11 is 0. The third-order valence-electron chi connectivity index (χ3n) is 7.06. The van der Waals surface area contributed by atoms with E-state index in [9.17, 15) is 9.59 Å². The zero-order chi connectivity index (χ0) is 28.8. The lowest BCUT2D eigenvalue weighted by molar-refractivity contribution is 0.0508. The first-order chi connectivity index (χ1) is 20.0. The summed E-state index contributed by atoms with van der Waals surface area (Å²) < 4.78 is 11.0. The van der Waals surface area contributed by atoms with Gasteiger partial charge in [0, 0.05) is 26.2 Å². The van der Waals surface area contributed by atoms with Crippen LogP contribution in [0, 0.1) is 0 Å². The van der Waals surface area contributed by atoms with Gasteiger partial charge in [-0.25, -0.2) is 14.6 Å². The molecular weight excluding hydrogens is 520 g/mol. The lowest BCUT2D eigenvalue weighted by Gasteiger charge is -2.13. The van der Waals surface area contributed by atoms with Crippen molar-refractivity contribution in [3.05, 3.63) is 100 Å². The second kappa shape index (κ2) is 12.9. The molecule has 10 heteroatoms. The van der Waals surface area contributed by atoms with Gasteiger partial charge in [0.2, 0.25) is 0 Å². The van der Waals surface area contributed by atoms with Gasteiger partial charge >= 0.3 is 11.7 Å². The molecule has 0 aliphatic rings. The highest BCUT2D eigenvalue weighted by Gasteiger charge is 2.18. The van der Waals surface area contributed by atoms with E-state index < -0.39 is 5.97 Å². The van der Waals surface area contributed by atoms with Crippen molar-refractivity contribution in [2.75, 3.05) is 46.9 Å². The molecule has 214 valence electrons. The number of ether oxygens (including phenoxy) is 1. The number of rotatable bonds is 13. The average Bonchev–Trinajstić information content (AvgIpc) is 3.46. The first-order valence-corrected chi connectivity index (χ1v) is 13.8. The Morgan fingerprint density at radius 1 is 0.878 bits per heavy atom. The van der Waals surface area contributed by atoms with E-state index >= 15 is 0 Å². The number of aliphatic hydroxyl groups is 1. The van der Waals surface area contributed by atoms with Gasteiger partial charge in [0.05, 0.1) is 47.3 Å². The maximum Gasteiger partial charge on any atom is 0.338 e. The summed E-state index contributed by atoms with van der Waals surface area (Å²) in [7, 11) is 4.09. The third kappa shape index (κ3) is 6.40. The van der Waals surface area contributed by atoms with Crippen molar-refractivity contribution in [3.8, 4) is 0 Å². The molecule has 0 fully saturated rings. The highest BCUT2D eigenvalue weighted by atomic mass is 16.5. The van der Waals surface area contributed by atoms with Crippen LogP contribution in [0.1, 0.15) is 21.7 Å². The van der Waals surface area contributed by atoms with Gasteiger partial charge in [-0.15, -0.1) is 0 Å². The smallest absolute Gasteiger partial charge is 0.338 e. The number of nitrogens with zero attached hydrogens (tertiary/aromatic N) is 5. The van der Waals surface area contributed by atoms with Crippen LogP contribution in [0.2, 0.25) is 0 Å². The lowest BCUT2D eigenvalue weighted by Crippen LogP contribution is -2.27. The Balaban J connectivity index is 1.39. The maximum absolute atomic E-state index is 13.8. The summed E-state index contributed by atoms with van der Waals surface area (Å²) in [5.41, 5.74) is 4.89. The van der Waals surface area contributed by atoms with Crippen LogP contribution in [0.25, 0.3) is 22.1 Å². The Hall–Kier alpha value is -4.25. The zero-order valence-corrected chi connectivity index (χ0v) is 23.5. The fourth-order valence-corrected chi connectivity index (χ4v) is 4.95. The number of carbonyl (C=O) groups is 1. The van der Waals surface area contributed by atoms with Gasteiger partial charge < -0.3 is 24.6 Å². The van der Waals surface area contributed by atoms with Crippen LogP contribution in [0.4, 0.5) is 0 Å². The molecule has 2 heterocycles. The van der Waals surface area contributed by atoms with E-state index in [1.807, 2.05) is 68.7 Å². The molecule has 41 heavy (non-hydrogen) atoms. The maximum atomic E-state index is 13.8. The molecule has 0 radical (unpaired) electrons. The fourth-order valence-electron chi connectivity index (χ4n) is 4.95. The third-order valence-corrected chi connectivity index (χ3v) is 7.06. The molecule has 0 saturated carbocycles. The van der Waals surface area contributed by atoms with Crippen LogP contribution in [0.15, 0.2) is 77.6 Å². The number of esters is 1. The standard InChI is InChI=1S/C31H36N6O4/c1-34(2)17-18-35-26-8-4-3-7-25(26)33-29(35)22-37-28-10-6-5-9-27(28)36(31(37)40)21-23-11-13-24(14-12-23)30(39)41-20-16-32-15-19-38/h3-14,32,38H,15-22H2,1-2H3. The first kappa shape index (κ1) is 28.3. The van der Waals surface area contributed by atoms with Crippen LogP contribution in [-0.2, 0) is 24.4 Å². The molecule has 0 unspecified atom stereocenters. The zero-order valence-electron chi connectivity index (χ0n) is 23.5. The summed E-state index contributed by atoms with van der Waals surface area (Å²) in [5, 5.41) is 11.8. The summed E-state index contributed by atoms with van der Waals surface area (Å²) in [5.74, 6) is 0.431. The number of aromatic nitrogens is 4. The Bertz CT molecular complexity index is 1680. The predicted octanol–water partition coefficient (Wildman–Crippen LogP) is 2.55. The van der Waals surface area contributed by atoms with Gasteiger partial charge in [0.15, 0.2) is 0 Å². The minimum absolute atomic E-state index is 0.0371. The average molecular weight is 557 g/mol. The predicted molar refractivity (Wildman–Crippen MR) is 159 cm³/mol. The summed E-state index contributed by atoms with van der Waals surface area (Å²) in [6.45, 7) is 3.53. The van der Waals surface area contributed by atoms with Crippen molar-refractivity contribution in [1.29, 1.82) is 0 Å². The summed E-state index contributed by atoms with van der Waals surface area (Å²) in [6, 6.07) is 23.0. The van der Waals surface area contributed by atoms with Crippen molar-refractivity contribution in [2.45, 2.75) is 19.6 Å². The minimum Gasteiger partial charge on any atom is -0.461 e. The van der Waals surface area contributed by atoms with Crippen molar-refractivity contribution in [2.24, 2.45) is 0 Å². The number of imidazole rings is 2. The largest absolute Gasteiger partial charge is 0.461 e. The van der Waals surface area contributed by atoms with Crippen molar-refractivity contribution in [1.82, 2.24) is 28.9 Å². The van der Waals surface area contributed by atoms with Gasteiger partial charge in [0.1, 0.15) is 12.4 Å². The molecule has 0 saturated heterocycles. The molecule has 0 aliphatic heterocycles. The highest BCUT2D eigenvalue weighted by molar-refractivity contribution is 5.89. The van der Waals surface area contributed by atoms with Gasteiger partial charge in [-0.3, -0.25) is 9.13 Å². The summed E-state index contributed by atoms with van der Waals surface area (Å²) in [4.78, 5) is 33.2. The fraction of sp³-hybridized carbons (Fsp3) is 0.323. The van der Waals surface area contributed by atoms with E-state index in [2.05, 4.69) is 20.9 Å². The Kier molecular flexibility index (Phi) is 8.93. The molecule has 3 aromatic carbocycles. The number of fused-ring (bicyclic) bond motifs is 2. The molecule has 0 aliphatic carbocycles. The van der Waals surface area contributed by atoms with Gasteiger partial charge in [-0.2, -0.15) is 0 Å². The second-order valence-electron chi connectivity index (χ2n) is 10.2. The molecular formula is C31H36N6O4. The van der Waals surface area contributed by atoms with Crippen LogP contribution < -0.4 is 11.0 Å². The van der Waals surface area contributed by atoms with Crippen molar-refractivity contribution < 1.29 is 14.6 Å². The molecule has 5 rings (SSSR count). The number of hydrogen-bond acceptors (Lipinski definition) is 7. The van der Waals surface area contributed by atoms with Crippen molar-refractivity contribution >= 4 is 28.0 Å². The molecule has 0 atom stereocenters. The van der Waals surface area contributed by atoms with Crippen LogP contribution in [0.5, 0.6) is 0 Å². The quantitative estimate of drug-likeness (QED) is 0.170. The van der Waals surface area contributed by atoms with Crippen LogP contribution in [-0.4, -0.2) is 81.6 Å². The molecule has 0 amide bonds. The number of likely N-dealkylation sites (N-methyl/N-ethyl adjacent to an activating group) is 1. The second-order valence-corrected chi connectivity index (χ2v) is 10.2. The number of para-hydroxylation sites is 4. The molecule has 10 nitrogen and oxygen atoms in total. The van der Waals surface area contributed by atoms with E-state index in [1.54, 1.807) is 21.3 Å². The highest BCUT2D eigenvalue weighted by Crippen LogP contribution is 2.20. The topological polar surface area (TPSA) is 107 Å². The number of aliphatic hydroxyl groups excluding tert-OH is 1. The number of nitrogens with one attached hydrogen (secondary N) is 1. The van der Waals surface area contributed by atoms with Gasteiger partial charge in [-0.1, -0.05) is 36.4 Å². The normalized spacial score (nSPS) is 11.6. The Labute approximate surface area is 238 Å². The molecule has 2 N–H and O–H groups in total. The van der Waals surface area contributed by atoms with E-state index in [4.69, 9.17) is 14.8 Å². The number of benzene rings is 3. The van der Waals surface area contributed by atoms with Crippen LogP contribution >= 0.6 is 0 Å². The monoisotopic (exact) mass is 556 g/mol. The van der Waals surface area contributed by atoms with E-state index in [-0.39, 0.29) is 18.9 Å². The number of hydrogen-bond donors (Lipinski definition) is 2. The molecule has 5 aromatic rings. The van der Waals surface area contributed by atoms with E-state index in [0.29, 0.717) is 31.7 Å². The van der Waals surface area contributed by atoms with Crippen molar-refractivity contribution in [3.63, 3.8) is 0 Å². The molecule has 0 spiro atoms. The van der Waals surface area contributed by atoms with Gasteiger partial charge in [-0.05, 0) is 56.1 Å². The molecule has 2 aromatic heterocycles. The molecule has 0 bridgehead atoms. The van der Waals surface area contributed by atoms with Crippen LogP contribution in [0.3, 0.4) is 0 Å². The Morgan fingerprint density at radius 3 is 2.22 bits per heavy atom.